The van der Waals surface area contributed by atoms with Crippen molar-refractivity contribution in [1.29, 1.82) is 0 Å². The first-order valence-electron chi connectivity index (χ1n) is 8.04. The van der Waals surface area contributed by atoms with E-state index in [0.29, 0.717) is 22.4 Å². The van der Waals surface area contributed by atoms with E-state index >= 15 is 0 Å². The third-order valence-electron chi connectivity index (χ3n) is 3.52. The highest BCUT2D eigenvalue weighted by molar-refractivity contribution is 7.99. The van der Waals surface area contributed by atoms with E-state index in [1.165, 1.54) is 18.7 Å². The van der Waals surface area contributed by atoms with E-state index in [1.54, 1.807) is 43.0 Å². The van der Waals surface area contributed by atoms with Crippen LogP contribution < -0.4 is 15.4 Å². The molecular weight excluding hydrogens is 386 g/mol. The lowest BCUT2D eigenvalue weighted by atomic mass is 10.3. The molecule has 0 aliphatic carbocycles. The molecule has 0 bridgehead atoms. The van der Waals surface area contributed by atoms with Gasteiger partial charge in [-0.05, 0) is 22.4 Å². The molecule has 0 atom stereocenters. The van der Waals surface area contributed by atoms with Crippen molar-refractivity contribution in [3.63, 3.8) is 0 Å². The molecule has 2 aromatic heterocycles. The molecule has 3 rings (SSSR count). The lowest BCUT2D eigenvalue weighted by molar-refractivity contribution is -0.114. The maximum absolute atomic E-state index is 12.2. The quantitative estimate of drug-likeness (QED) is 0.563. The third kappa shape index (κ3) is 4.46. The van der Waals surface area contributed by atoms with Gasteiger partial charge in [0, 0.05) is 25.7 Å². The Balaban J connectivity index is 1.65. The molecule has 0 saturated carbocycles. The monoisotopic (exact) mass is 403 g/mol. The number of thioether (sulfide) groups is 1. The topological polar surface area (TPSA) is 137 Å². The lowest BCUT2D eigenvalue weighted by Crippen LogP contribution is -2.14. The Morgan fingerprint density at radius 1 is 1.25 bits per heavy atom. The first-order chi connectivity index (χ1) is 13.5. The molecule has 12 heteroatoms. The average molecular weight is 403 g/mol. The van der Waals surface area contributed by atoms with Gasteiger partial charge in [-0.2, -0.15) is 0 Å². The second-order valence-electron chi connectivity index (χ2n) is 5.58. The normalized spacial score (nSPS) is 10.5. The molecule has 3 aromatic rings. The number of nitrogens with one attached hydrogen (secondary N) is 2. The SMILES string of the molecule is COc1cccc(NC(=O)CSc2nnc(-c3nonc3NC(C)=O)n2C)c1. The van der Waals surface area contributed by atoms with Gasteiger partial charge in [0.25, 0.3) is 0 Å². The fourth-order valence-corrected chi connectivity index (χ4v) is 2.97. The van der Waals surface area contributed by atoms with Crippen LogP contribution in [0.4, 0.5) is 11.5 Å². The zero-order valence-corrected chi connectivity index (χ0v) is 16.1. The van der Waals surface area contributed by atoms with Crippen LogP contribution >= 0.6 is 11.8 Å². The highest BCUT2D eigenvalue weighted by Crippen LogP contribution is 2.26. The van der Waals surface area contributed by atoms with Crippen LogP contribution in [0.2, 0.25) is 0 Å². The van der Waals surface area contributed by atoms with Crippen molar-refractivity contribution >= 4 is 35.1 Å². The van der Waals surface area contributed by atoms with E-state index in [0.717, 1.165) is 0 Å². The van der Waals surface area contributed by atoms with Crippen molar-refractivity contribution in [3.05, 3.63) is 24.3 Å². The van der Waals surface area contributed by atoms with Gasteiger partial charge in [-0.15, -0.1) is 10.2 Å². The fraction of sp³-hybridized carbons (Fsp3) is 0.250. The first-order valence-corrected chi connectivity index (χ1v) is 9.03. The van der Waals surface area contributed by atoms with Gasteiger partial charge in [0.2, 0.25) is 17.6 Å². The number of carbonyl (C=O) groups excluding carboxylic acids is 2. The van der Waals surface area contributed by atoms with Crippen LogP contribution in [0.3, 0.4) is 0 Å². The molecule has 146 valence electrons. The summed E-state index contributed by atoms with van der Waals surface area (Å²) >= 11 is 1.20. The van der Waals surface area contributed by atoms with Crippen molar-refractivity contribution in [3.8, 4) is 17.3 Å². The van der Waals surface area contributed by atoms with Crippen molar-refractivity contribution in [2.45, 2.75) is 12.1 Å². The number of anilines is 2. The molecule has 0 radical (unpaired) electrons. The number of hydrogen-bond donors (Lipinski definition) is 2. The highest BCUT2D eigenvalue weighted by Gasteiger charge is 2.21. The third-order valence-corrected chi connectivity index (χ3v) is 4.54. The van der Waals surface area contributed by atoms with Gasteiger partial charge < -0.3 is 19.9 Å². The van der Waals surface area contributed by atoms with Gasteiger partial charge in [-0.3, -0.25) is 9.59 Å². The number of carbonyl (C=O) groups is 2. The van der Waals surface area contributed by atoms with Crippen LogP contribution in [-0.2, 0) is 16.6 Å². The van der Waals surface area contributed by atoms with E-state index in [4.69, 9.17) is 4.74 Å². The van der Waals surface area contributed by atoms with E-state index in [-0.39, 0.29) is 29.1 Å². The van der Waals surface area contributed by atoms with Gasteiger partial charge in [0.05, 0.1) is 12.9 Å². The zero-order chi connectivity index (χ0) is 20.1. The molecule has 28 heavy (non-hydrogen) atoms. The van der Waals surface area contributed by atoms with E-state index in [9.17, 15) is 9.59 Å². The predicted molar refractivity (Wildman–Crippen MR) is 101 cm³/mol. The Hall–Kier alpha value is -3.41. The van der Waals surface area contributed by atoms with Gasteiger partial charge in [0.1, 0.15) is 5.75 Å². The zero-order valence-electron chi connectivity index (χ0n) is 15.3. The minimum Gasteiger partial charge on any atom is -0.497 e. The summed E-state index contributed by atoms with van der Waals surface area (Å²) in [6, 6.07) is 7.07. The molecule has 11 nitrogen and oxygen atoms in total. The highest BCUT2D eigenvalue weighted by atomic mass is 32.2. The molecule has 0 spiro atoms. The van der Waals surface area contributed by atoms with E-state index < -0.39 is 0 Å². The Labute approximate surface area is 163 Å². The van der Waals surface area contributed by atoms with Crippen LogP contribution in [0.5, 0.6) is 5.75 Å². The molecule has 0 saturated heterocycles. The van der Waals surface area contributed by atoms with Gasteiger partial charge in [-0.1, -0.05) is 17.8 Å². The van der Waals surface area contributed by atoms with Crippen molar-refractivity contribution in [1.82, 2.24) is 25.1 Å². The van der Waals surface area contributed by atoms with Crippen molar-refractivity contribution < 1.29 is 19.0 Å². The molecule has 0 aliphatic heterocycles. The van der Waals surface area contributed by atoms with E-state index in [1.807, 2.05) is 0 Å². The average Bonchev–Trinajstić information content (AvgIpc) is 3.25. The molecule has 0 fully saturated rings. The summed E-state index contributed by atoms with van der Waals surface area (Å²) in [4.78, 5) is 23.4. The number of aromatic nitrogens is 5. The number of ether oxygens (including phenoxy) is 1. The number of hydrogen-bond acceptors (Lipinski definition) is 9. The summed E-state index contributed by atoms with van der Waals surface area (Å²) in [5, 5.41) is 21.3. The molecule has 1 aromatic carbocycles. The number of methoxy groups -OCH3 is 1. The summed E-state index contributed by atoms with van der Waals surface area (Å²) < 4.78 is 11.4. The summed E-state index contributed by atoms with van der Waals surface area (Å²) in [5.74, 6) is 0.752. The molecule has 2 heterocycles. The first kappa shape index (κ1) is 19.4. The molecule has 2 N–H and O–H groups in total. The van der Waals surface area contributed by atoms with Crippen molar-refractivity contribution in [2.24, 2.45) is 7.05 Å². The summed E-state index contributed by atoms with van der Waals surface area (Å²) in [5.41, 5.74) is 0.884. The standard InChI is InChI=1S/C16H17N7O4S/c1-9(24)17-14-13(21-27-22-14)15-19-20-16(23(15)2)28-8-12(25)18-10-5-4-6-11(7-10)26-3/h4-7H,8H2,1-3H3,(H,18,25)(H,17,22,24). The second-order valence-corrected chi connectivity index (χ2v) is 6.52. The van der Waals surface area contributed by atoms with E-state index in [2.05, 4.69) is 35.8 Å². The number of nitrogens with zero attached hydrogens (tertiary/aromatic N) is 5. The summed E-state index contributed by atoms with van der Waals surface area (Å²) in [6.07, 6.45) is 0. The van der Waals surface area contributed by atoms with Crippen LogP contribution in [0.15, 0.2) is 34.1 Å². The number of amides is 2. The Morgan fingerprint density at radius 2 is 2.07 bits per heavy atom. The number of rotatable bonds is 7. The van der Waals surface area contributed by atoms with Gasteiger partial charge >= 0.3 is 0 Å². The Bertz CT molecular complexity index is 1000. The summed E-state index contributed by atoms with van der Waals surface area (Å²) in [7, 11) is 3.27. The predicted octanol–water partition coefficient (Wildman–Crippen LogP) is 1.56. The lowest BCUT2D eigenvalue weighted by Gasteiger charge is -2.07. The fourth-order valence-electron chi connectivity index (χ4n) is 2.26. The maximum atomic E-state index is 12.2. The smallest absolute Gasteiger partial charge is 0.234 e. The number of benzene rings is 1. The van der Waals surface area contributed by atoms with Crippen molar-refractivity contribution in [2.75, 3.05) is 23.5 Å². The second kappa shape index (κ2) is 8.52. The van der Waals surface area contributed by atoms with Crippen LogP contribution in [-0.4, -0.2) is 49.8 Å². The largest absolute Gasteiger partial charge is 0.497 e. The maximum Gasteiger partial charge on any atom is 0.234 e. The van der Waals surface area contributed by atoms with Gasteiger partial charge in [-0.25, -0.2) is 4.63 Å². The molecule has 2 amide bonds. The van der Waals surface area contributed by atoms with Gasteiger partial charge in [0.15, 0.2) is 16.7 Å². The minimum absolute atomic E-state index is 0.124. The van der Waals surface area contributed by atoms with Crippen LogP contribution in [0.1, 0.15) is 6.92 Å². The Morgan fingerprint density at radius 3 is 2.82 bits per heavy atom. The van der Waals surface area contributed by atoms with Crippen LogP contribution in [0, 0.1) is 0 Å². The summed E-state index contributed by atoms with van der Waals surface area (Å²) in [6.45, 7) is 1.34. The molecule has 0 aliphatic rings. The van der Waals surface area contributed by atoms with Crippen LogP contribution in [0.25, 0.3) is 11.5 Å². The molecular formula is C16H17N7O4S. The molecule has 0 unspecified atom stereocenters. The Kier molecular flexibility index (Phi) is 5.89. The minimum atomic E-state index is -0.317.